The van der Waals surface area contributed by atoms with Crippen LogP contribution >= 0.6 is 15.9 Å². The molecule has 1 aromatic rings. The Labute approximate surface area is 122 Å². The van der Waals surface area contributed by atoms with E-state index in [-0.39, 0.29) is 24.2 Å². The molecule has 0 aliphatic carbocycles. The minimum absolute atomic E-state index is 0.125. The highest BCUT2D eigenvalue weighted by molar-refractivity contribution is 9.10. The molecule has 1 rings (SSSR count). The molecule has 7 heteroatoms. The molecule has 0 aromatic heterocycles. The first kappa shape index (κ1) is 16.6. The van der Waals surface area contributed by atoms with Crippen molar-refractivity contribution in [1.82, 2.24) is 4.72 Å². The van der Waals surface area contributed by atoms with E-state index < -0.39 is 10.0 Å². The summed E-state index contributed by atoms with van der Waals surface area (Å²) in [4.78, 5) is 0.125. The summed E-state index contributed by atoms with van der Waals surface area (Å²) < 4.78 is 32.4. The summed E-state index contributed by atoms with van der Waals surface area (Å²) >= 11 is 3.27. The number of sulfonamides is 1. The van der Waals surface area contributed by atoms with Crippen LogP contribution in [0.15, 0.2) is 21.5 Å². The molecule has 108 valence electrons. The molecule has 0 bridgehead atoms. The van der Waals surface area contributed by atoms with Crippen molar-refractivity contribution in [2.45, 2.75) is 31.5 Å². The van der Waals surface area contributed by atoms with Crippen molar-refractivity contribution in [1.29, 1.82) is 0 Å². The Morgan fingerprint density at radius 2 is 2.11 bits per heavy atom. The molecule has 0 radical (unpaired) electrons. The Hall–Kier alpha value is -0.470. The first-order chi connectivity index (χ1) is 8.81. The van der Waals surface area contributed by atoms with E-state index in [0.29, 0.717) is 10.0 Å². The molecule has 0 spiro atoms. The van der Waals surface area contributed by atoms with Crippen LogP contribution < -0.4 is 4.72 Å². The van der Waals surface area contributed by atoms with Gasteiger partial charge in [0.05, 0.1) is 17.6 Å². The lowest BCUT2D eigenvalue weighted by Crippen LogP contribution is -2.32. The number of aliphatic hydroxyl groups is 1. The predicted octanol–water partition coefficient (Wildman–Crippen LogP) is 1.56. The van der Waals surface area contributed by atoms with Gasteiger partial charge in [-0.15, -0.1) is 0 Å². The number of halogens is 1. The molecule has 0 fully saturated rings. The highest BCUT2D eigenvalue weighted by Crippen LogP contribution is 2.27. The van der Waals surface area contributed by atoms with Gasteiger partial charge in [-0.3, -0.25) is 0 Å². The number of nitrogens with one attached hydrogen (secondary N) is 1. The topological polar surface area (TPSA) is 75.6 Å². The number of methoxy groups -OCH3 is 1. The van der Waals surface area contributed by atoms with Crippen LogP contribution in [0.3, 0.4) is 0 Å². The van der Waals surface area contributed by atoms with Gasteiger partial charge in [0, 0.05) is 18.1 Å². The number of aryl methyl sites for hydroxylation is 1. The van der Waals surface area contributed by atoms with Gasteiger partial charge in [0.1, 0.15) is 0 Å². The second-order valence-electron chi connectivity index (χ2n) is 4.28. The Kier molecular flexibility index (Phi) is 5.94. The number of aliphatic hydroxyl groups excluding tert-OH is 1. The molecule has 1 aromatic carbocycles. The first-order valence-electron chi connectivity index (χ1n) is 5.74. The van der Waals surface area contributed by atoms with Gasteiger partial charge >= 0.3 is 0 Å². The van der Waals surface area contributed by atoms with Crippen molar-refractivity contribution in [3.8, 4) is 0 Å². The molecule has 19 heavy (non-hydrogen) atoms. The van der Waals surface area contributed by atoms with Gasteiger partial charge in [0.25, 0.3) is 0 Å². The molecule has 2 N–H and O–H groups in total. The fourth-order valence-corrected chi connectivity index (χ4v) is 3.67. The third-order valence-corrected chi connectivity index (χ3v) is 5.48. The van der Waals surface area contributed by atoms with E-state index in [0.717, 1.165) is 5.56 Å². The first-order valence-corrected chi connectivity index (χ1v) is 8.01. The lowest BCUT2D eigenvalue weighted by Gasteiger charge is -2.14. The summed E-state index contributed by atoms with van der Waals surface area (Å²) in [6.07, 6.45) is -0.212. The number of ether oxygens (including phenoxy) is 1. The molecule has 0 amide bonds. The SMILES string of the molecule is COC(C)CNS(=O)(=O)c1cc(CO)cc(C)c1Br. The molecule has 0 aliphatic heterocycles. The molecule has 0 heterocycles. The average molecular weight is 352 g/mol. The highest BCUT2D eigenvalue weighted by Gasteiger charge is 2.20. The number of hydrogen-bond acceptors (Lipinski definition) is 4. The van der Waals surface area contributed by atoms with Crippen LogP contribution in [0.2, 0.25) is 0 Å². The van der Waals surface area contributed by atoms with Crippen LogP contribution in [0.1, 0.15) is 18.1 Å². The second-order valence-corrected chi connectivity index (χ2v) is 6.81. The van der Waals surface area contributed by atoms with Gasteiger partial charge in [-0.25, -0.2) is 13.1 Å². The standard InChI is InChI=1S/C12H18BrNO4S/c1-8-4-10(7-15)5-11(12(8)13)19(16,17)14-6-9(2)18-3/h4-5,9,14-15H,6-7H2,1-3H3. The van der Waals surface area contributed by atoms with Crippen LogP contribution in [-0.4, -0.2) is 33.3 Å². The average Bonchev–Trinajstić information content (AvgIpc) is 2.38. The third kappa shape index (κ3) is 4.25. The van der Waals surface area contributed by atoms with E-state index in [9.17, 15) is 8.42 Å². The monoisotopic (exact) mass is 351 g/mol. The maximum atomic E-state index is 12.2. The largest absolute Gasteiger partial charge is 0.392 e. The molecular formula is C12H18BrNO4S. The van der Waals surface area contributed by atoms with Gasteiger partial charge in [-0.2, -0.15) is 0 Å². The molecule has 5 nitrogen and oxygen atoms in total. The van der Waals surface area contributed by atoms with Gasteiger partial charge in [-0.1, -0.05) is 6.07 Å². The minimum Gasteiger partial charge on any atom is -0.392 e. The third-order valence-electron chi connectivity index (χ3n) is 2.72. The zero-order valence-electron chi connectivity index (χ0n) is 11.1. The molecule has 0 saturated carbocycles. The van der Waals surface area contributed by atoms with E-state index in [1.165, 1.54) is 13.2 Å². The summed E-state index contributed by atoms with van der Waals surface area (Å²) in [5, 5.41) is 9.15. The maximum Gasteiger partial charge on any atom is 0.241 e. The van der Waals surface area contributed by atoms with Crippen LogP contribution in [-0.2, 0) is 21.4 Å². The summed E-state index contributed by atoms with van der Waals surface area (Å²) in [5.74, 6) is 0. The van der Waals surface area contributed by atoms with Crippen molar-refractivity contribution >= 4 is 26.0 Å². The molecule has 0 aliphatic rings. The van der Waals surface area contributed by atoms with Crippen molar-refractivity contribution in [2.75, 3.05) is 13.7 Å². The van der Waals surface area contributed by atoms with Crippen LogP contribution in [0.4, 0.5) is 0 Å². The zero-order chi connectivity index (χ0) is 14.6. The second kappa shape index (κ2) is 6.81. The number of benzene rings is 1. The maximum absolute atomic E-state index is 12.2. The Morgan fingerprint density at radius 3 is 2.63 bits per heavy atom. The van der Waals surface area contributed by atoms with Gasteiger partial charge in [0.15, 0.2) is 0 Å². The van der Waals surface area contributed by atoms with E-state index in [4.69, 9.17) is 9.84 Å². The van der Waals surface area contributed by atoms with Gasteiger partial charge in [-0.05, 0) is 47.0 Å². The predicted molar refractivity (Wildman–Crippen MR) is 76.5 cm³/mol. The van der Waals surface area contributed by atoms with E-state index in [2.05, 4.69) is 20.7 Å². The van der Waals surface area contributed by atoms with Crippen LogP contribution in [0.5, 0.6) is 0 Å². The Balaban J connectivity index is 3.10. The summed E-state index contributed by atoms with van der Waals surface area (Å²) in [6, 6.07) is 3.19. The molecular weight excluding hydrogens is 334 g/mol. The van der Waals surface area contributed by atoms with Gasteiger partial charge in [0.2, 0.25) is 10.0 Å². The molecule has 0 saturated heterocycles. The molecule has 1 atom stereocenters. The van der Waals surface area contributed by atoms with Crippen molar-refractivity contribution in [3.63, 3.8) is 0 Å². The van der Waals surface area contributed by atoms with Crippen molar-refractivity contribution in [2.24, 2.45) is 0 Å². The summed E-state index contributed by atoms with van der Waals surface area (Å²) in [5.41, 5.74) is 1.31. The minimum atomic E-state index is -3.64. The van der Waals surface area contributed by atoms with E-state index >= 15 is 0 Å². The quantitative estimate of drug-likeness (QED) is 0.815. The summed E-state index contributed by atoms with van der Waals surface area (Å²) in [7, 11) is -2.12. The lowest BCUT2D eigenvalue weighted by molar-refractivity contribution is 0.122. The van der Waals surface area contributed by atoms with Gasteiger partial charge < -0.3 is 9.84 Å². The van der Waals surface area contributed by atoms with Crippen molar-refractivity contribution < 1.29 is 18.3 Å². The summed E-state index contributed by atoms with van der Waals surface area (Å²) in [6.45, 7) is 3.53. The molecule has 1 unspecified atom stereocenters. The fraction of sp³-hybridized carbons (Fsp3) is 0.500. The number of hydrogen-bond donors (Lipinski definition) is 2. The number of rotatable bonds is 6. The van der Waals surface area contributed by atoms with Crippen LogP contribution in [0, 0.1) is 6.92 Å². The smallest absolute Gasteiger partial charge is 0.241 e. The fourth-order valence-electron chi connectivity index (χ4n) is 1.48. The zero-order valence-corrected chi connectivity index (χ0v) is 13.5. The Bertz CT molecular complexity index is 545. The van der Waals surface area contributed by atoms with Crippen LogP contribution in [0.25, 0.3) is 0 Å². The highest BCUT2D eigenvalue weighted by atomic mass is 79.9. The van der Waals surface area contributed by atoms with Crippen molar-refractivity contribution in [3.05, 3.63) is 27.7 Å². The Morgan fingerprint density at radius 1 is 1.47 bits per heavy atom. The van der Waals surface area contributed by atoms with E-state index in [1.807, 2.05) is 0 Å². The lowest BCUT2D eigenvalue weighted by atomic mass is 10.1. The van der Waals surface area contributed by atoms with E-state index in [1.54, 1.807) is 19.9 Å². The normalized spacial score (nSPS) is 13.5.